The number of hydrogen-bond acceptors (Lipinski definition) is 4. The number of nitrogens with zero attached hydrogens (tertiary/aromatic N) is 1. The second-order valence-corrected chi connectivity index (χ2v) is 4.28. The van der Waals surface area contributed by atoms with Crippen LogP contribution in [-0.4, -0.2) is 19.2 Å². The highest BCUT2D eigenvalue weighted by atomic mass is 35.5. The first-order chi connectivity index (χ1) is 8.62. The van der Waals surface area contributed by atoms with Gasteiger partial charge in [-0.05, 0) is 12.5 Å². The maximum Gasteiger partial charge on any atom is 0.149 e. The average Bonchev–Trinajstić information content (AvgIpc) is 2.38. The van der Waals surface area contributed by atoms with Crippen LogP contribution in [0.3, 0.4) is 0 Å². The Hall–Kier alpha value is -1.68. The number of pyridine rings is 1. The number of hydrogen-bond donors (Lipinski definition) is 1. The van der Waals surface area contributed by atoms with Crippen molar-refractivity contribution in [2.24, 2.45) is 0 Å². The highest BCUT2D eigenvalue weighted by Crippen LogP contribution is 2.41. The van der Waals surface area contributed by atoms with Gasteiger partial charge in [-0.2, -0.15) is 0 Å². The van der Waals surface area contributed by atoms with Gasteiger partial charge in [-0.25, -0.2) is 4.98 Å². The van der Waals surface area contributed by atoms with Crippen LogP contribution in [0.5, 0.6) is 11.5 Å². The van der Waals surface area contributed by atoms with Crippen LogP contribution in [0.4, 0.5) is 5.69 Å². The molecule has 2 rings (SSSR count). The molecular formula is C13H15ClN2O2. The summed E-state index contributed by atoms with van der Waals surface area (Å²) in [7, 11) is 3.13. The molecule has 0 saturated heterocycles. The van der Waals surface area contributed by atoms with Crippen molar-refractivity contribution in [3.05, 3.63) is 22.8 Å². The van der Waals surface area contributed by atoms with Crippen LogP contribution in [0.25, 0.3) is 10.9 Å². The Labute approximate surface area is 111 Å². The Balaban J connectivity index is 2.92. The van der Waals surface area contributed by atoms with Crippen LogP contribution in [0, 0.1) is 0 Å². The molecule has 0 radical (unpaired) electrons. The minimum Gasteiger partial charge on any atom is -0.494 e. The van der Waals surface area contributed by atoms with Crippen molar-refractivity contribution < 1.29 is 9.47 Å². The number of aromatic nitrogens is 1. The van der Waals surface area contributed by atoms with E-state index in [0.717, 1.165) is 12.1 Å². The normalized spacial score (nSPS) is 10.7. The molecule has 0 fully saturated rings. The topological polar surface area (TPSA) is 57.4 Å². The fraction of sp³-hybridized carbons (Fsp3) is 0.308. The zero-order valence-electron chi connectivity index (χ0n) is 10.6. The standard InChI is InChI=1S/C13H15ClN2O2/c1-4-7-5-9(15)11-12(16-7)10(17-2)6-8(14)13(11)18-3/h5-6H,4H2,1-3H3,(H2,15,16). The fourth-order valence-corrected chi connectivity index (χ4v) is 2.21. The number of aryl methyl sites for hydroxylation is 1. The Kier molecular flexibility index (Phi) is 3.48. The van der Waals surface area contributed by atoms with Crippen molar-refractivity contribution >= 4 is 28.2 Å². The fourth-order valence-electron chi connectivity index (χ4n) is 1.94. The maximum atomic E-state index is 6.14. The van der Waals surface area contributed by atoms with E-state index in [4.69, 9.17) is 26.8 Å². The molecule has 96 valence electrons. The molecule has 1 aromatic heterocycles. The summed E-state index contributed by atoms with van der Waals surface area (Å²) >= 11 is 6.14. The summed E-state index contributed by atoms with van der Waals surface area (Å²) in [6.07, 6.45) is 0.800. The molecule has 5 heteroatoms. The van der Waals surface area contributed by atoms with Crippen molar-refractivity contribution in [3.63, 3.8) is 0 Å². The van der Waals surface area contributed by atoms with Crippen LogP contribution >= 0.6 is 11.6 Å². The Morgan fingerprint density at radius 2 is 2.00 bits per heavy atom. The Morgan fingerprint density at radius 1 is 1.28 bits per heavy atom. The van der Waals surface area contributed by atoms with Crippen molar-refractivity contribution in [2.75, 3.05) is 20.0 Å². The number of halogens is 1. The number of rotatable bonds is 3. The van der Waals surface area contributed by atoms with Gasteiger partial charge in [0, 0.05) is 17.4 Å². The first-order valence-electron chi connectivity index (χ1n) is 5.61. The van der Waals surface area contributed by atoms with E-state index in [-0.39, 0.29) is 0 Å². The van der Waals surface area contributed by atoms with Gasteiger partial charge in [-0.3, -0.25) is 0 Å². The van der Waals surface area contributed by atoms with E-state index in [2.05, 4.69) is 4.98 Å². The Morgan fingerprint density at radius 3 is 2.56 bits per heavy atom. The number of anilines is 1. The van der Waals surface area contributed by atoms with Gasteiger partial charge >= 0.3 is 0 Å². The molecule has 0 aliphatic rings. The van der Waals surface area contributed by atoms with Crippen molar-refractivity contribution in [1.29, 1.82) is 0 Å². The van der Waals surface area contributed by atoms with E-state index in [9.17, 15) is 0 Å². The third-order valence-electron chi connectivity index (χ3n) is 2.82. The van der Waals surface area contributed by atoms with E-state index in [1.807, 2.05) is 13.0 Å². The molecular weight excluding hydrogens is 252 g/mol. The van der Waals surface area contributed by atoms with Crippen LogP contribution in [0.1, 0.15) is 12.6 Å². The molecule has 0 amide bonds. The molecule has 1 aromatic carbocycles. The summed E-state index contributed by atoms with van der Waals surface area (Å²) in [6.45, 7) is 2.02. The minimum absolute atomic E-state index is 0.458. The lowest BCUT2D eigenvalue weighted by atomic mass is 10.1. The molecule has 0 bridgehead atoms. The van der Waals surface area contributed by atoms with E-state index in [1.54, 1.807) is 20.3 Å². The largest absolute Gasteiger partial charge is 0.494 e. The second-order valence-electron chi connectivity index (χ2n) is 3.87. The molecule has 0 aliphatic carbocycles. The monoisotopic (exact) mass is 266 g/mol. The molecule has 18 heavy (non-hydrogen) atoms. The van der Waals surface area contributed by atoms with Crippen LogP contribution in [-0.2, 0) is 6.42 Å². The van der Waals surface area contributed by atoms with Gasteiger partial charge in [-0.15, -0.1) is 0 Å². The van der Waals surface area contributed by atoms with Gasteiger partial charge in [0.1, 0.15) is 17.0 Å². The van der Waals surface area contributed by atoms with Crippen molar-refractivity contribution in [2.45, 2.75) is 13.3 Å². The lowest BCUT2D eigenvalue weighted by Crippen LogP contribution is -1.99. The summed E-state index contributed by atoms with van der Waals surface area (Å²) in [6, 6.07) is 3.52. The van der Waals surface area contributed by atoms with Gasteiger partial charge in [0.25, 0.3) is 0 Å². The number of methoxy groups -OCH3 is 2. The SMILES string of the molecule is CCc1cc(N)c2c(OC)c(Cl)cc(OC)c2n1. The zero-order chi connectivity index (χ0) is 13.3. The van der Waals surface area contributed by atoms with E-state index < -0.39 is 0 Å². The molecule has 0 atom stereocenters. The van der Waals surface area contributed by atoms with Crippen LogP contribution in [0.2, 0.25) is 5.02 Å². The summed E-state index contributed by atoms with van der Waals surface area (Å²) in [5.74, 6) is 1.12. The van der Waals surface area contributed by atoms with Gasteiger partial charge < -0.3 is 15.2 Å². The van der Waals surface area contributed by atoms with Crippen molar-refractivity contribution in [3.8, 4) is 11.5 Å². The molecule has 0 unspecified atom stereocenters. The number of nitrogens with two attached hydrogens (primary N) is 1. The highest BCUT2D eigenvalue weighted by molar-refractivity contribution is 6.34. The summed E-state index contributed by atoms with van der Waals surface area (Å²) in [4.78, 5) is 4.53. The number of nitrogen functional groups attached to an aromatic ring is 1. The summed E-state index contributed by atoms with van der Waals surface area (Å²) in [5.41, 5.74) is 8.24. The van der Waals surface area contributed by atoms with Crippen molar-refractivity contribution in [1.82, 2.24) is 4.98 Å². The predicted molar refractivity (Wildman–Crippen MR) is 73.6 cm³/mol. The van der Waals surface area contributed by atoms with E-state index >= 15 is 0 Å². The van der Waals surface area contributed by atoms with Gasteiger partial charge in [0.05, 0.1) is 24.6 Å². The predicted octanol–water partition coefficient (Wildman–Crippen LogP) is 3.05. The second kappa shape index (κ2) is 4.90. The average molecular weight is 267 g/mol. The zero-order valence-corrected chi connectivity index (χ0v) is 11.3. The molecule has 1 heterocycles. The highest BCUT2D eigenvalue weighted by Gasteiger charge is 2.16. The first kappa shape index (κ1) is 12.8. The van der Waals surface area contributed by atoms with Gasteiger partial charge in [0.2, 0.25) is 0 Å². The smallest absolute Gasteiger partial charge is 0.149 e. The number of benzene rings is 1. The third kappa shape index (κ3) is 1.93. The van der Waals surface area contributed by atoms with Gasteiger partial charge in [-0.1, -0.05) is 18.5 Å². The molecule has 0 spiro atoms. The molecule has 2 N–H and O–H groups in total. The summed E-state index contributed by atoms with van der Waals surface area (Å²) in [5, 5.41) is 1.15. The maximum absolute atomic E-state index is 6.14. The number of ether oxygens (including phenoxy) is 2. The number of fused-ring (bicyclic) bond motifs is 1. The first-order valence-corrected chi connectivity index (χ1v) is 5.99. The van der Waals surface area contributed by atoms with E-state index in [1.165, 1.54) is 0 Å². The Bertz CT molecular complexity index is 599. The lowest BCUT2D eigenvalue weighted by Gasteiger charge is -2.14. The summed E-state index contributed by atoms with van der Waals surface area (Å²) < 4.78 is 10.6. The quantitative estimate of drug-likeness (QED) is 0.928. The molecule has 4 nitrogen and oxygen atoms in total. The molecule has 2 aromatic rings. The lowest BCUT2D eigenvalue weighted by molar-refractivity contribution is 0.410. The van der Waals surface area contributed by atoms with Gasteiger partial charge in [0.15, 0.2) is 0 Å². The molecule has 0 saturated carbocycles. The van der Waals surface area contributed by atoms with E-state index in [0.29, 0.717) is 33.1 Å². The molecule has 0 aliphatic heterocycles. The van der Waals surface area contributed by atoms with Crippen LogP contribution < -0.4 is 15.2 Å². The minimum atomic E-state index is 0.458. The third-order valence-corrected chi connectivity index (χ3v) is 3.11. The van der Waals surface area contributed by atoms with Crippen LogP contribution in [0.15, 0.2) is 12.1 Å².